The molecule has 0 spiro atoms. The van der Waals surface area contributed by atoms with Crippen molar-refractivity contribution in [3.8, 4) is 5.75 Å². The molecule has 0 aliphatic rings. The van der Waals surface area contributed by atoms with Crippen molar-refractivity contribution in [2.45, 2.75) is 54.4 Å². The average Bonchev–Trinajstić information content (AvgIpc) is 2.76. The largest absolute Gasteiger partial charge is 0.497 e. The molecular formula is C17H11F16NO2. The first-order valence-electron chi connectivity index (χ1n) is 8.72. The number of halogens is 16. The highest BCUT2D eigenvalue weighted by molar-refractivity contribution is 5.84. The molecule has 1 aromatic carbocycles. The Kier molecular flexibility index (Phi) is 8.15. The molecule has 19 heteroatoms. The Hall–Kier alpha value is -2.63. The van der Waals surface area contributed by atoms with Crippen LogP contribution in [0, 0.1) is 0 Å². The van der Waals surface area contributed by atoms with Gasteiger partial charge in [0.15, 0.2) is 0 Å². The maximum Gasteiger partial charge on any atom is 0.392 e. The van der Waals surface area contributed by atoms with Gasteiger partial charge in [0.25, 0.3) is 5.91 Å². The van der Waals surface area contributed by atoms with Gasteiger partial charge < -0.3 is 10.1 Å². The normalized spacial score (nSPS) is 14.7. The van der Waals surface area contributed by atoms with Gasteiger partial charge in [-0.2, -0.15) is 61.5 Å². The number of hydrogen-bond acceptors (Lipinski definition) is 2. The molecule has 0 saturated heterocycles. The van der Waals surface area contributed by atoms with E-state index in [0.29, 0.717) is 0 Å². The summed E-state index contributed by atoms with van der Waals surface area (Å²) in [4.78, 5) is 11.4. The maximum atomic E-state index is 13.8. The fraction of sp³-hybridized carbons (Fsp3) is 0.588. The van der Waals surface area contributed by atoms with E-state index in [0.717, 1.165) is 29.6 Å². The lowest BCUT2D eigenvalue weighted by atomic mass is 9.89. The van der Waals surface area contributed by atoms with Crippen LogP contribution in [0.2, 0.25) is 0 Å². The zero-order chi connectivity index (χ0) is 28.8. The summed E-state index contributed by atoms with van der Waals surface area (Å²) in [6.45, 7) is -1.19. The fourth-order valence-electron chi connectivity index (χ4n) is 2.31. The van der Waals surface area contributed by atoms with Crippen molar-refractivity contribution in [1.29, 1.82) is 0 Å². The van der Waals surface area contributed by atoms with E-state index in [4.69, 9.17) is 0 Å². The van der Waals surface area contributed by atoms with Gasteiger partial charge in [0.1, 0.15) is 5.75 Å². The molecule has 0 aliphatic carbocycles. The van der Waals surface area contributed by atoms with E-state index >= 15 is 0 Å². The summed E-state index contributed by atoms with van der Waals surface area (Å²) in [5, 5.41) is 0.872. The highest BCUT2D eigenvalue weighted by Crippen LogP contribution is 2.62. The summed E-state index contributed by atoms with van der Waals surface area (Å²) >= 11 is 0. The van der Waals surface area contributed by atoms with Crippen LogP contribution in [0.4, 0.5) is 70.2 Å². The van der Waals surface area contributed by atoms with Gasteiger partial charge in [-0.3, -0.25) is 4.79 Å². The van der Waals surface area contributed by atoms with Crippen molar-refractivity contribution in [3.05, 3.63) is 29.8 Å². The summed E-state index contributed by atoms with van der Waals surface area (Å²) in [6, 6.07) is 4.20. The molecule has 0 unspecified atom stereocenters. The lowest BCUT2D eigenvalue weighted by molar-refractivity contribution is -0.443. The predicted molar refractivity (Wildman–Crippen MR) is 85.5 cm³/mol. The molecule has 208 valence electrons. The lowest BCUT2D eigenvalue weighted by Gasteiger charge is -2.42. The zero-order valence-electron chi connectivity index (χ0n) is 17.0. The summed E-state index contributed by atoms with van der Waals surface area (Å²) < 4.78 is 217. The van der Waals surface area contributed by atoms with E-state index in [2.05, 4.69) is 4.74 Å². The molecule has 0 fully saturated rings. The van der Waals surface area contributed by atoms with Gasteiger partial charge in [-0.25, -0.2) is 8.78 Å². The molecular weight excluding hydrogens is 554 g/mol. The van der Waals surface area contributed by atoms with Gasteiger partial charge in [0.2, 0.25) is 0 Å². The van der Waals surface area contributed by atoms with Crippen LogP contribution in [0.25, 0.3) is 0 Å². The Balaban J connectivity index is 3.38. The zero-order valence-corrected chi connectivity index (χ0v) is 17.0. The fourth-order valence-corrected chi connectivity index (χ4v) is 2.31. The minimum absolute atomic E-state index is 0.138. The van der Waals surface area contributed by atoms with E-state index in [1.165, 1.54) is 7.11 Å². The van der Waals surface area contributed by atoms with Crippen molar-refractivity contribution < 1.29 is 79.8 Å². The van der Waals surface area contributed by atoms with Crippen LogP contribution in [-0.2, 0) is 11.3 Å². The number of benzene rings is 1. The van der Waals surface area contributed by atoms with Gasteiger partial charge in [0, 0.05) is 6.54 Å². The third-order valence-corrected chi connectivity index (χ3v) is 4.56. The second-order valence-electron chi connectivity index (χ2n) is 6.90. The molecule has 1 N–H and O–H groups in total. The number of nitrogens with one attached hydrogen (secondary N) is 1. The van der Waals surface area contributed by atoms with Crippen molar-refractivity contribution in [2.75, 3.05) is 7.11 Å². The monoisotopic (exact) mass is 565 g/mol. The molecule has 0 heterocycles. The van der Waals surface area contributed by atoms with Crippen LogP contribution in [0.5, 0.6) is 5.75 Å². The minimum atomic E-state index is -8.55. The quantitative estimate of drug-likeness (QED) is 0.334. The standard InChI is InChI=1S/C17H11F16NO2/c1-36-8-4-2-7(3-5-8)6-34-10(35)12(22,23)14(26,27)16(30,31)17(32,33)15(28,29)13(24,25)11(20,21)9(18)19/h2-5,9H,6H2,1H3,(H,34,35). The van der Waals surface area contributed by atoms with E-state index in [1.54, 1.807) is 0 Å². The third-order valence-electron chi connectivity index (χ3n) is 4.56. The number of amides is 1. The van der Waals surface area contributed by atoms with E-state index in [9.17, 15) is 75.0 Å². The van der Waals surface area contributed by atoms with Gasteiger partial charge in [-0.1, -0.05) is 12.1 Å². The first-order valence-corrected chi connectivity index (χ1v) is 8.72. The number of methoxy groups -OCH3 is 1. The second kappa shape index (κ2) is 9.35. The number of carbonyl (C=O) groups is 1. The van der Waals surface area contributed by atoms with E-state index in [1.807, 2.05) is 0 Å². The Labute approximate surface area is 189 Å². The number of rotatable bonds is 11. The molecule has 0 atom stereocenters. The van der Waals surface area contributed by atoms with E-state index in [-0.39, 0.29) is 11.3 Å². The van der Waals surface area contributed by atoms with Crippen LogP contribution in [0.3, 0.4) is 0 Å². The first kappa shape index (κ1) is 31.4. The Morgan fingerprint density at radius 2 is 1.11 bits per heavy atom. The number of hydrogen-bond donors (Lipinski definition) is 1. The van der Waals surface area contributed by atoms with Gasteiger partial charge >= 0.3 is 47.9 Å². The van der Waals surface area contributed by atoms with Crippen LogP contribution in [-0.4, -0.2) is 60.9 Å². The summed E-state index contributed by atoms with van der Waals surface area (Å²) in [7, 11) is 1.17. The van der Waals surface area contributed by atoms with Gasteiger partial charge in [-0.05, 0) is 17.7 Å². The van der Waals surface area contributed by atoms with Crippen molar-refractivity contribution >= 4 is 5.91 Å². The molecule has 1 amide bonds. The van der Waals surface area contributed by atoms with Gasteiger partial charge in [-0.15, -0.1) is 0 Å². The Bertz CT molecular complexity index is 929. The first-order chi connectivity index (χ1) is 15.9. The van der Waals surface area contributed by atoms with Gasteiger partial charge in [0.05, 0.1) is 7.11 Å². The molecule has 1 aromatic rings. The Morgan fingerprint density at radius 3 is 1.50 bits per heavy atom. The molecule has 36 heavy (non-hydrogen) atoms. The number of carbonyl (C=O) groups excluding carboxylic acids is 1. The third kappa shape index (κ3) is 4.48. The summed E-state index contributed by atoms with van der Waals surface area (Å²) in [5.41, 5.74) is -0.222. The van der Waals surface area contributed by atoms with Crippen molar-refractivity contribution in [3.63, 3.8) is 0 Å². The van der Waals surface area contributed by atoms with Crippen molar-refractivity contribution in [2.24, 2.45) is 0 Å². The molecule has 0 aromatic heterocycles. The highest BCUT2D eigenvalue weighted by Gasteiger charge is 2.94. The minimum Gasteiger partial charge on any atom is -0.497 e. The van der Waals surface area contributed by atoms with Crippen LogP contribution in [0.1, 0.15) is 5.56 Å². The van der Waals surface area contributed by atoms with E-state index < -0.39 is 60.3 Å². The summed E-state index contributed by atoms with van der Waals surface area (Å²) in [6.07, 6.45) is -5.92. The topological polar surface area (TPSA) is 38.3 Å². The highest BCUT2D eigenvalue weighted by atomic mass is 19.4. The lowest BCUT2D eigenvalue weighted by Crippen LogP contribution is -2.74. The second-order valence-corrected chi connectivity index (χ2v) is 6.90. The smallest absolute Gasteiger partial charge is 0.392 e. The maximum absolute atomic E-state index is 13.8. The van der Waals surface area contributed by atoms with Crippen LogP contribution in [0.15, 0.2) is 24.3 Å². The van der Waals surface area contributed by atoms with Crippen molar-refractivity contribution in [1.82, 2.24) is 5.32 Å². The summed E-state index contributed by atoms with van der Waals surface area (Å²) in [5.74, 6) is -59.5. The number of ether oxygens (including phenoxy) is 1. The van der Waals surface area contributed by atoms with Crippen LogP contribution < -0.4 is 10.1 Å². The Morgan fingerprint density at radius 1 is 0.722 bits per heavy atom. The molecule has 0 radical (unpaired) electrons. The molecule has 0 bridgehead atoms. The molecule has 1 rings (SSSR count). The molecule has 0 saturated carbocycles. The SMILES string of the molecule is COc1ccc(CNC(=O)C(F)(F)C(F)(F)C(F)(F)C(F)(F)C(F)(F)C(F)(F)C(F)(F)C(F)F)cc1. The average molecular weight is 565 g/mol. The van der Waals surface area contributed by atoms with Crippen LogP contribution >= 0.6 is 0 Å². The molecule has 3 nitrogen and oxygen atoms in total. The predicted octanol–water partition coefficient (Wildman–Crippen LogP) is 6.02. The molecule has 0 aliphatic heterocycles. The number of alkyl halides is 16.